The van der Waals surface area contributed by atoms with Gasteiger partial charge < -0.3 is 10.2 Å². The van der Waals surface area contributed by atoms with E-state index in [1.165, 1.54) is 18.5 Å². The van der Waals surface area contributed by atoms with Crippen LogP contribution in [0, 0.1) is 11.3 Å². The van der Waals surface area contributed by atoms with Crippen molar-refractivity contribution in [3.63, 3.8) is 0 Å². The number of pyridine rings is 1. The standard InChI is InChI=1S/C30H28ClF2N5O2/c31-25-9-8-22-14-21(4-6-23(22)15-25)5-7-24-16-35-11-10-26(24)28(40)36-17-27(39)38-20-29(32,33)18-30(38,19-34)37-12-2-1-3-13-37/h4-11,14-16H,1-3,12-13,17-18,20H2,(H,36,40). The molecular formula is C30H28ClF2N5O2. The molecule has 0 saturated carbocycles. The fourth-order valence-electron chi connectivity index (χ4n) is 5.50. The van der Waals surface area contributed by atoms with Crippen molar-refractivity contribution in [1.82, 2.24) is 20.1 Å². The van der Waals surface area contributed by atoms with E-state index in [0.29, 0.717) is 23.7 Å². The smallest absolute Gasteiger partial charge is 0.270 e. The number of hydrogen-bond donors (Lipinski definition) is 1. The van der Waals surface area contributed by atoms with E-state index in [-0.39, 0.29) is 5.56 Å². The van der Waals surface area contributed by atoms with Crippen molar-refractivity contribution >= 4 is 46.3 Å². The molecule has 40 heavy (non-hydrogen) atoms. The van der Waals surface area contributed by atoms with Crippen LogP contribution >= 0.6 is 11.6 Å². The monoisotopic (exact) mass is 563 g/mol. The minimum atomic E-state index is -3.19. The molecule has 0 radical (unpaired) electrons. The maximum Gasteiger partial charge on any atom is 0.270 e. The number of fused-ring (bicyclic) bond motifs is 1. The van der Waals surface area contributed by atoms with Crippen molar-refractivity contribution < 1.29 is 18.4 Å². The second-order valence-corrected chi connectivity index (χ2v) is 10.7. The number of benzene rings is 2. The average Bonchev–Trinajstić information content (AvgIpc) is 3.27. The number of alkyl halides is 2. The number of likely N-dealkylation sites (tertiary alicyclic amines) is 2. The Hall–Kier alpha value is -3.87. The Morgan fingerprint density at radius 1 is 1.07 bits per heavy atom. The molecule has 2 aliphatic heterocycles. The number of hydrogen-bond acceptors (Lipinski definition) is 5. The van der Waals surface area contributed by atoms with Crippen molar-refractivity contribution in [2.24, 2.45) is 0 Å². The first-order valence-electron chi connectivity index (χ1n) is 13.1. The van der Waals surface area contributed by atoms with Crippen LogP contribution in [0.1, 0.15) is 47.2 Å². The molecule has 3 heterocycles. The Balaban J connectivity index is 1.30. The number of carbonyl (C=O) groups is 2. The zero-order chi connectivity index (χ0) is 28.3. The van der Waals surface area contributed by atoms with Gasteiger partial charge >= 0.3 is 0 Å². The maximum absolute atomic E-state index is 14.6. The van der Waals surface area contributed by atoms with E-state index in [4.69, 9.17) is 11.6 Å². The van der Waals surface area contributed by atoms with Gasteiger partial charge in [0.25, 0.3) is 11.8 Å². The molecule has 10 heteroatoms. The number of piperidine rings is 1. The molecule has 2 fully saturated rings. The summed E-state index contributed by atoms with van der Waals surface area (Å²) in [4.78, 5) is 33.0. The normalized spacial score (nSPS) is 21.0. The minimum Gasteiger partial charge on any atom is -0.343 e. The summed E-state index contributed by atoms with van der Waals surface area (Å²) >= 11 is 6.07. The molecule has 7 nitrogen and oxygen atoms in total. The predicted octanol–water partition coefficient (Wildman–Crippen LogP) is 5.36. The predicted molar refractivity (Wildman–Crippen MR) is 150 cm³/mol. The van der Waals surface area contributed by atoms with Gasteiger partial charge in [-0.15, -0.1) is 0 Å². The summed E-state index contributed by atoms with van der Waals surface area (Å²) < 4.78 is 29.1. The molecule has 206 valence electrons. The fourth-order valence-corrected chi connectivity index (χ4v) is 5.68. The molecule has 2 aromatic carbocycles. The van der Waals surface area contributed by atoms with E-state index in [1.54, 1.807) is 11.0 Å². The Bertz CT molecular complexity index is 1520. The maximum atomic E-state index is 14.6. The van der Waals surface area contributed by atoms with Crippen LogP contribution in [0.2, 0.25) is 5.02 Å². The zero-order valence-corrected chi connectivity index (χ0v) is 22.5. The fraction of sp³-hybridized carbons (Fsp3) is 0.333. The molecule has 1 aromatic heterocycles. The van der Waals surface area contributed by atoms with Crippen LogP contribution in [0.5, 0.6) is 0 Å². The third-order valence-corrected chi connectivity index (χ3v) is 7.71. The first-order chi connectivity index (χ1) is 19.2. The lowest BCUT2D eigenvalue weighted by molar-refractivity contribution is -0.139. The highest BCUT2D eigenvalue weighted by Crippen LogP contribution is 2.42. The molecule has 0 bridgehead atoms. The zero-order valence-electron chi connectivity index (χ0n) is 21.7. The Labute approximate surface area is 236 Å². The van der Waals surface area contributed by atoms with E-state index in [2.05, 4.69) is 10.3 Å². The van der Waals surface area contributed by atoms with Crippen LogP contribution < -0.4 is 5.32 Å². The van der Waals surface area contributed by atoms with Crippen molar-refractivity contribution in [3.05, 3.63) is 76.6 Å². The number of halogens is 3. The first-order valence-corrected chi connectivity index (χ1v) is 13.5. The van der Waals surface area contributed by atoms with Gasteiger partial charge in [0.15, 0.2) is 5.66 Å². The summed E-state index contributed by atoms with van der Waals surface area (Å²) in [5.74, 6) is -4.46. The van der Waals surface area contributed by atoms with Crippen molar-refractivity contribution in [3.8, 4) is 6.07 Å². The number of nitriles is 1. The van der Waals surface area contributed by atoms with Crippen molar-refractivity contribution in [1.29, 1.82) is 5.26 Å². The second kappa shape index (κ2) is 11.3. The summed E-state index contributed by atoms with van der Waals surface area (Å²) in [5.41, 5.74) is -0.0145. The summed E-state index contributed by atoms with van der Waals surface area (Å²) in [7, 11) is 0. The van der Waals surface area contributed by atoms with E-state index < -0.39 is 42.9 Å². The highest BCUT2D eigenvalue weighted by atomic mass is 35.5. The van der Waals surface area contributed by atoms with E-state index in [1.807, 2.05) is 48.5 Å². The summed E-state index contributed by atoms with van der Waals surface area (Å²) in [6, 6.07) is 15.1. The molecule has 0 spiro atoms. The van der Waals surface area contributed by atoms with Crippen LogP contribution in [-0.4, -0.2) is 64.4 Å². The van der Waals surface area contributed by atoms with Gasteiger partial charge in [-0.2, -0.15) is 5.26 Å². The Kier molecular flexibility index (Phi) is 7.83. The minimum absolute atomic E-state index is 0.279. The molecular weight excluding hydrogens is 536 g/mol. The molecule has 2 amide bonds. The van der Waals surface area contributed by atoms with Gasteiger partial charge in [-0.1, -0.05) is 48.4 Å². The second-order valence-electron chi connectivity index (χ2n) is 10.2. The lowest BCUT2D eigenvalue weighted by Gasteiger charge is -2.43. The lowest BCUT2D eigenvalue weighted by atomic mass is 10.0. The highest BCUT2D eigenvalue weighted by Gasteiger charge is 2.60. The number of aromatic nitrogens is 1. The van der Waals surface area contributed by atoms with Gasteiger partial charge in [-0.25, -0.2) is 8.78 Å². The summed E-state index contributed by atoms with van der Waals surface area (Å²) in [6.07, 6.45) is 8.36. The van der Waals surface area contributed by atoms with Gasteiger partial charge in [-0.05, 0) is 53.4 Å². The Morgan fingerprint density at radius 3 is 2.60 bits per heavy atom. The molecule has 5 rings (SSSR count). The van der Waals surface area contributed by atoms with Crippen LogP contribution in [-0.2, 0) is 4.79 Å². The Morgan fingerprint density at radius 2 is 1.82 bits per heavy atom. The van der Waals surface area contributed by atoms with Crippen LogP contribution in [0.15, 0.2) is 54.9 Å². The number of nitrogens with zero attached hydrogens (tertiary/aromatic N) is 4. The first kappa shape index (κ1) is 27.7. The van der Waals surface area contributed by atoms with Gasteiger partial charge in [-0.3, -0.25) is 19.5 Å². The van der Waals surface area contributed by atoms with E-state index >= 15 is 0 Å². The van der Waals surface area contributed by atoms with E-state index in [9.17, 15) is 23.6 Å². The van der Waals surface area contributed by atoms with Gasteiger partial charge in [0.05, 0.1) is 19.5 Å². The third-order valence-electron chi connectivity index (χ3n) is 7.48. The van der Waals surface area contributed by atoms with Crippen LogP contribution in [0.25, 0.3) is 22.9 Å². The largest absolute Gasteiger partial charge is 0.343 e. The number of nitrogens with one attached hydrogen (secondary N) is 1. The van der Waals surface area contributed by atoms with E-state index in [0.717, 1.165) is 40.5 Å². The number of carbonyl (C=O) groups excluding carboxylic acids is 2. The average molecular weight is 564 g/mol. The molecule has 3 aromatic rings. The summed E-state index contributed by atoms with van der Waals surface area (Å²) in [6.45, 7) is -0.424. The van der Waals surface area contributed by atoms with Crippen molar-refractivity contribution in [2.75, 3.05) is 26.2 Å². The van der Waals surface area contributed by atoms with Crippen LogP contribution in [0.3, 0.4) is 0 Å². The third kappa shape index (κ3) is 5.69. The molecule has 1 atom stereocenters. The number of rotatable bonds is 6. The molecule has 1 N–H and O–H groups in total. The van der Waals surface area contributed by atoms with Crippen LogP contribution in [0.4, 0.5) is 8.78 Å². The molecule has 1 unspecified atom stereocenters. The molecule has 0 aliphatic carbocycles. The lowest BCUT2D eigenvalue weighted by Crippen LogP contribution is -2.60. The SMILES string of the molecule is N#CC1(N2CCCCC2)CC(F)(F)CN1C(=O)CNC(=O)c1ccncc1C=Cc1ccc2cc(Cl)ccc2c1. The molecule has 2 saturated heterocycles. The quantitative estimate of drug-likeness (QED) is 0.436. The topological polar surface area (TPSA) is 89.3 Å². The van der Waals surface area contributed by atoms with Crippen molar-refractivity contribution in [2.45, 2.75) is 37.3 Å². The number of amides is 2. The van der Waals surface area contributed by atoms with Gasteiger partial charge in [0.1, 0.15) is 6.07 Å². The summed E-state index contributed by atoms with van der Waals surface area (Å²) in [5, 5.41) is 15.2. The van der Waals surface area contributed by atoms with Gasteiger partial charge in [0.2, 0.25) is 5.91 Å². The molecule has 2 aliphatic rings. The van der Waals surface area contributed by atoms with Gasteiger partial charge in [0, 0.05) is 41.6 Å². The highest BCUT2D eigenvalue weighted by molar-refractivity contribution is 6.31.